The van der Waals surface area contributed by atoms with Crippen LogP contribution >= 0.6 is 0 Å². The summed E-state index contributed by atoms with van der Waals surface area (Å²) in [6.07, 6.45) is 0. The summed E-state index contributed by atoms with van der Waals surface area (Å²) in [5, 5.41) is 5.09. The Morgan fingerprint density at radius 1 is 0.306 bits per heavy atom. The van der Waals surface area contributed by atoms with Gasteiger partial charge in [-0.15, -0.1) is 0 Å². The zero-order chi connectivity index (χ0) is 43.5. The number of rotatable bonds is 4. The third kappa shape index (κ3) is 4.76. The van der Waals surface area contributed by atoms with Gasteiger partial charge in [0.25, 0.3) is 0 Å². The van der Waals surface area contributed by atoms with Gasteiger partial charge in [0.15, 0.2) is 0 Å². The highest BCUT2D eigenvalue weighted by molar-refractivity contribution is 6.13. The van der Waals surface area contributed by atoms with Crippen molar-refractivity contribution in [2.75, 3.05) is 0 Å². The summed E-state index contributed by atoms with van der Waals surface area (Å²) < 4.78 is 4.98. The molecule has 2 heteroatoms. The molecule has 0 aliphatic heterocycles. The molecule has 2 heterocycles. The largest absolute Gasteiger partial charge is 0.309 e. The van der Waals surface area contributed by atoms with E-state index in [4.69, 9.17) is 0 Å². The maximum Gasteiger partial charge on any atom is 0.0543 e. The Kier molecular flexibility index (Phi) is 7.81. The minimum Gasteiger partial charge on any atom is -0.309 e. The zero-order valence-corrected chi connectivity index (χ0v) is 38.8. The molecular weight excluding hydrogens is 749 g/mol. The molecule has 0 radical (unpaired) electrons. The monoisotopic (exact) mass is 808 g/mol. The Bertz CT molecular complexity index is 3340. The van der Waals surface area contributed by atoms with E-state index in [9.17, 15) is 0 Å². The molecule has 0 bridgehead atoms. The molecule has 9 aromatic rings. The fourth-order valence-corrected chi connectivity index (χ4v) is 12.1. The number of hydrogen-bond acceptors (Lipinski definition) is 0. The van der Waals surface area contributed by atoms with E-state index in [0.29, 0.717) is 0 Å². The Hall–Kier alpha value is -5.86. The molecule has 2 nitrogen and oxygen atoms in total. The smallest absolute Gasteiger partial charge is 0.0543 e. The predicted molar refractivity (Wildman–Crippen MR) is 266 cm³/mol. The molecule has 0 N–H and O–H groups in total. The van der Waals surface area contributed by atoms with Crippen LogP contribution in [0.25, 0.3) is 77.2 Å². The molecule has 0 spiro atoms. The molecule has 0 fully saturated rings. The van der Waals surface area contributed by atoms with Gasteiger partial charge >= 0.3 is 0 Å². The third-order valence-electron chi connectivity index (χ3n) is 18.3. The Morgan fingerprint density at radius 3 is 1.29 bits per heavy atom. The van der Waals surface area contributed by atoms with Crippen molar-refractivity contribution in [2.24, 2.45) is 10.8 Å². The molecule has 0 saturated carbocycles. The number of fused-ring (bicyclic) bond motifs is 8. The van der Waals surface area contributed by atoms with Crippen LogP contribution in [0.2, 0.25) is 0 Å². The molecule has 2 aromatic heterocycles. The fourth-order valence-electron chi connectivity index (χ4n) is 12.1. The van der Waals surface area contributed by atoms with Crippen LogP contribution in [0.15, 0.2) is 146 Å². The first kappa shape index (κ1) is 39.0. The zero-order valence-electron chi connectivity index (χ0n) is 38.8. The Morgan fingerprint density at radius 2 is 0.726 bits per heavy atom. The van der Waals surface area contributed by atoms with Crippen molar-refractivity contribution in [1.82, 2.24) is 9.13 Å². The minimum atomic E-state index is -0.0404. The molecule has 11 rings (SSSR count). The van der Waals surface area contributed by atoms with Gasteiger partial charge in [0.1, 0.15) is 0 Å². The lowest BCUT2D eigenvalue weighted by Crippen LogP contribution is -2.42. The summed E-state index contributed by atoms with van der Waals surface area (Å²) >= 11 is 0. The third-order valence-corrected chi connectivity index (χ3v) is 18.3. The lowest BCUT2D eigenvalue weighted by atomic mass is 9.59. The summed E-state index contributed by atoms with van der Waals surface area (Å²) in [4.78, 5) is 0. The van der Waals surface area contributed by atoms with Gasteiger partial charge in [-0.05, 0) is 132 Å². The minimum absolute atomic E-state index is 0.00466. The normalized spacial score (nSPS) is 18.8. The molecule has 0 saturated heterocycles. The quantitative estimate of drug-likeness (QED) is 0.168. The topological polar surface area (TPSA) is 9.86 Å². The summed E-state index contributed by atoms with van der Waals surface area (Å²) in [6.45, 7) is 29.6. The van der Waals surface area contributed by atoms with Crippen LogP contribution < -0.4 is 0 Å². The first-order chi connectivity index (χ1) is 29.3. The van der Waals surface area contributed by atoms with Gasteiger partial charge in [-0.25, -0.2) is 0 Å². The van der Waals surface area contributed by atoms with Crippen LogP contribution in [0.5, 0.6) is 0 Å². The van der Waals surface area contributed by atoms with Crippen molar-refractivity contribution >= 4 is 43.6 Å². The molecule has 2 aliphatic carbocycles. The second kappa shape index (κ2) is 12.4. The van der Waals surface area contributed by atoms with E-state index >= 15 is 0 Å². The van der Waals surface area contributed by atoms with E-state index in [0.717, 1.165) is 0 Å². The van der Waals surface area contributed by atoms with Gasteiger partial charge in [0, 0.05) is 32.8 Å². The van der Waals surface area contributed by atoms with Crippen LogP contribution in [0.3, 0.4) is 0 Å². The van der Waals surface area contributed by atoms with E-state index in [1.807, 2.05) is 0 Å². The van der Waals surface area contributed by atoms with E-state index in [1.54, 1.807) is 0 Å². The van der Waals surface area contributed by atoms with Crippen LogP contribution in [0.4, 0.5) is 0 Å². The average molecular weight is 809 g/mol. The molecule has 0 amide bonds. The number of aromatic nitrogens is 2. The van der Waals surface area contributed by atoms with Crippen LogP contribution in [0.1, 0.15) is 105 Å². The predicted octanol–water partition coefficient (Wildman–Crippen LogP) is 16.4. The van der Waals surface area contributed by atoms with Gasteiger partial charge in [0.2, 0.25) is 0 Å². The molecule has 7 aromatic carbocycles. The molecule has 0 unspecified atom stereocenters. The summed E-state index contributed by atoms with van der Waals surface area (Å²) in [6, 6.07) is 55.4. The van der Waals surface area contributed by atoms with Gasteiger partial charge in [-0.1, -0.05) is 168 Å². The highest BCUT2D eigenvalue weighted by atomic mass is 15.0. The van der Waals surface area contributed by atoms with Crippen LogP contribution in [-0.4, -0.2) is 9.13 Å². The van der Waals surface area contributed by atoms with Crippen molar-refractivity contribution in [1.29, 1.82) is 0 Å². The molecule has 2 aliphatic rings. The lowest BCUT2D eigenvalue weighted by molar-refractivity contribution is 0.125. The average Bonchev–Trinajstić information content (AvgIpc) is 3.83. The Balaban J connectivity index is 1.15. The van der Waals surface area contributed by atoms with Crippen molar-refractivity contribution < 1.29 is 0 Å². The first-order valence-corrected chi connectivity index (χ1v) is 22.8. The van der Waals surface area contributed by atoms with Gasteiger partial charge < -0.3 is 9.13 Å². The van der Waals surface area contributed by atoms with Gasteiger partial charge in [-0.3, -0.25) is 0 Å². The van der Waals surface area contributed by atoms with E-state index in [1.165, 1.54) is 99.5 Å². The molecule has 310 valence electrons. The van der Waals surface area contributed by atoms with E-state index in [-0.39, 0.29) is 32.5 Å². The van der Waals surface area contributed by atoms with Crippen molar-refractivity contribution in [2.45, 2.75) is 105 Å². The van der Waals surface area contributed by atoms with Gasteiger partial charge in [0.05, 0.1) is 27.8 Å². The maximum atomic E-state index is 2.59. The highest BCUT2D eigenvalue weighted by Crippen LogP contribution is 2.64. The van der Waals surface area contributed by atoms with Crippen LogP contribution in [-0.2, 0) is 21.7 Å². The second-order valence-corrected chi connectivity index (χ2v) is 21.9. The van der Waals surface area contributed by atoms with Crippen molar-refractivity contribution in [3.05, 3.63) is 168 Å². The summed E-state index contributed by atoms with van der Waals surface area (Å²) in [7, 11) is 0. The number of para-hydroxylation sites is 3. The summed E-state index contributed by atoms with van der Waals surface area (Å²) in [5.74, 6) is 0. The molecule has 62 heavy (non-hydrogen) atoms. The van der Waals surface area contributed by atoms with Crippen LogP contribution in [0, 0.1) is 10.8 Å². The van der Waals surface area contributed by atoms with Crippen molar-refractivity contribution in [3.8, 4) is 33.6 Å². The Labute approximate surface area is 368 Å². The SMILES string of the molecule is CC1(C)c2ccc(-c3cc4c(cc3-n3c5ccccc5c5cc(-c6ccc7c(c6)c6ccccc6n7-c6ccccc6)ccc53)C(C)(C)C(C)(C)C4(C)C)cc2C(C)(C)C1(C)C. The van der Waals surface area contributed by atoms with E-state index in [2.05, 4.69) is 238 Å². The summed E-state index contributed by atoms with van der Waals surface area (Å²) in [5.41, 5.74) is 18.4. The highest BCUT2D eigenvalue weighted by Gasteiger charge is 2.58. The van der Waals surface area contributed by atoms with Crippen molar-refractivity contribution in [3.63, 3.8) is 0 Å². The standard InChI is InChI=1S/C60H60N2/c1-55(2)46-29-26-39(34-47(46)56(3,4)59(55,9)10)43-35-48-49(58(7,8)60(11,12)57(48,5)6)36-54(43)62-51-25-19-17-23-42(51)45-33-38(28-31-53(45)62)37-27-30-52-44(32-37)41-22-16-18-24-50(41)61(52)40-20-14-13-15-21-40/h13-36H,1-12H3. The molecular formula is C60H60N2. The lowest BCUT2D eigenvalue weighted by Gasteiger charge is -2.44. The maximum absolute atomic E-state index is 2.59. The fraction of sp³-hybridized carbons (Fsp3) is 0.300. The number of benzene rings is 7. The number of hydrogen-bond donors (Lipinski definition) is 0. The van der Waals surface area contributed by atoms with E-state index < -0.39 is 0 Å². The first-order valence-electron chi connectivity index (χ1n) is 22.8. The molecule has 0 atom stereocenters. The second-order valence-electron chi connectivity index (χ2n) is 21.9. The van der Waals surface area contributed by atoms with Gasteiger partial charge in [-0.2, -0.15) is 0 Å². The number of nitrogens with zero attached hydrogens (tertiary/aromatic N) is 2.